The van der Waals surface area contributed by atoms with Crippen molar-refractivity contribution in [3.05, 3.63) is 21.9 Å². The van der Waals surface area contributed by atoms with E-state index in [1.807, 2.05) is 13.0 Å². The fourth-order valence-electron chi connectivity index (χ4n) is 0.945. The Bertz CT molecular complexity index is 389. The van der Waals surface area contributed by atoms with Gasteiger partial charge in [0, 0.05) is 12.0 Å². The maximum atomic E-state index is 11.5. The van der Waals surface area contributed by atoms with E-state index in [2.05, 4.69) is 10.9 Å². The molecule has 0 unspecified atom stereocenters. The molecule has 6 heteroatoms. The largest absolute Gasteiger partial charge is 0.372 e. The van der Waals surface area contributed by atoms with Crippen molar-refractivity contribution < 1.29 is 14.3 Å². The molecule has 0 radical (unpaired) electrons. The Kier molecular flexibility index (Phi) is 4.45. The van der Waals surface area contributed by atoms with Gasteiger partial charge in [-0.3, -0.25) is 20.4 Å². The second kappa shape index (κ2) is 5.62. The van der Waals surface area contributed by atoms with Gasteiger partial charge in [0.2, 0.25) is 0 Å². The molecule has 1 aromatic heterocycles. The number of hydrogen-bond acceptors (Lipinski definition) is 4. The molecule has 0 saturated carbocycles. The summed E-state index contributed by atoms with van der Waals surface area (Å²) in [5.74, 6) is -0.709. The lowest BCUT2D eigenvalue weighted by molar-refractivity contribution is -0.130. The molecule has 0 aromatic carbocycles. The molecule has 0 aliphatic rings. The molecular formula is C10H14N2O3S. The third kappa shape index (κ3) is 3.32. The number of hydrogen-bond donors (Lipinski definition) is 2. The van der Waals surface area contributed by atoms with Gasteiger partial charge in [0.25, 0.3) is 11.8 Å². The molecular weight excluding hydrogens is 228 g/mol. The van der Waals surface area contributed by atoms with E-state index < -0.39 is 6.10 Å². The van der Waals surface area contributed by atoms with Crippen LogP contribution in [0, 0.1) is 6.92 Å². The van der Waals surface area contributed by atoms with Crippen molar-refractivity contribution in [1.82, 2.24) is 10.9 Å². The van der Waals surface area contributed by atoms with Gasteiger partial charge in [-0.1, -0.05) is 0 Å². The maximum absolute atomic E-state index is 11.5. The molecule has 2 amide bonds. The second-order valence-electron chi connectivity index (χ2n) is 3.23. The van der Waals surface area contributed by atoms with Crippen LogP contribution in [0.1, 0.15) is 21.5 Å². The van der Waals surface area contributed by atoms with Gasteiger partial charge in [0.1, 0.15) is 6.10 Å². The summed E-state index contributed by atoms with van der Waals surface area (Å²) in [4.78, 5) is 24.4. The Morgan fingerprint density at radius 1 is 1.38 bits per heavy atom. The predicted octanol–water partition coefficient (Wildman–Crippen LogP) is 0.852. The molecule has 1 rings (SSSR count). The van der Waals surface area contributed by atoms with E-state index in [1.165, 1.54) is 18.4 Å². The van der Waals surface area contributed by atoms with Gasteiger partial charge in [-0.15, -0.1) is 11.3 Å². The summed E-state index contributed by atoms with van der Waals surface area (Å²) in [6.07, 6.45) is -0.592. The molecule has 0 aliphatic heterocycles. The number of carbonyl (C=O) groups excluding carboxylic acids is 2. The summed E-state index contributed by atoms with van der Waals surface area (Å²) >= 11 is 1.37. The van der Waals surface area contributed by atoms with E-state index in [9.17, 15) is 9.59 Å². The minimum atomic E-state index is -0.592. The highest BCUT2D eigenvalue weighted by atomic mass is 32.1. The third-order valence-corrected chi connectivity index (χ3v) is 2.99. The van der Waals surface area contributed by atoms with Crippen molar-refractivity contribution in [1.29, 1.82) is 0 Å². The number of ether oxygens (including phenoxy) is 1. The highest BCUT2D eigenvalue weighted by Crippen LogP contribution is 2.14. The molecule has 1 aromatic rings. The van der Waals surface area contributed by atoms with E-state index in [0.717, 1.165) is 4.88 Å². The number of carbonyl (C=O) groups is 2. The fourth-order valence-corrected chi connectivity index (χ4v) is 1.71. The van der Waals surface area contributed by atoms with Crippen molar-refractivity contribution in [2.75, 3.05) is 7.11 Å². The lowest BCUT2D eigenvalue weighted by Gasteiger charge is -2.10. The van der Waals surface area contributed by atoms with E-state index in [-0.39, 0.29) is 11.8 Å². The topological polar surface area (TPSA) is 67.4 Å². The first-order chi connectivity index (χ1) is 7.54. The van der Waals surface area contributed by atoms with Crippen LogP contribution in [0.15, 0.2) is 12.1 Å². The SMILES string of the molecule is CO[C@H](C)C(=O)NNC(=O)c1ccc(C)s1. The summed E-state index contributed by atoms with van der Waals surface area (Å²) in [7, 11) is 1.43. The smallest absolute Gasteiger partial charge is 0.279 e. The minimum absolute atomic E-state index is 0.324. The summed E-state index contributed by atoms with van der Waals surface area (Å²) in [6.45, 7) is 3.50. The lowest BCUT2D eigenvalue weighted by Crippen LogP contribution is -2.45. The maximum Gasteiger partial charge on any atom is 0.279 e. The second-order valence-corrected chi connectivity index (χ2v) is 4.52. The number of hydrazine groups is 1. The van der Waals surface area contributed by atoms with E-state index in [1.54, 1.807) is 13.0 Å². The van der Waals surface area contributed by atoms with Gasteiger partial charge >= 0.3 is 0 Å². The van der Waals surface area contributed by atoms with Crippen molar-refractivity contribution in [3.63, 3.8) is 0 Å². The van der Waals surface area contributed by atoms with Crippen LogP contribution < -0.4 is 10.9 Å². The summed E-state index contributed by atoms with van der Waals surface area (Å²) < 4.78 is 4.79. The first kappa shape index (κ1) is 12.7. The van der Waals surface area contributed by atoms with Crippen LogP contribution in [0.4, 0.5) is 0 Å². The molecule has 88 valence electrons. The van der Waals surface area contributed by atoms with Gasteiger partial charge in [-0.05, 0) is 26.0 Å². The predicted molar refractivity (Wildman–Crippen MR) is 61.1 cm³/mol. The highest BCUT2D eigenvalue weighted by Gasteiger charge is 2.13. The van der Waals surface area contributed by atoms with Crippen molar-refractivity contribution >= 4 is 23.2 Å². The van der Waals surface area contributed by atoms with Gasteiger partial charge in [0.05, 0.1) is 4.88 Å². The summed E-state index contributed by atoms with van der Waals surface area (Å²) in [5, 5.41) is 0. The van der Waals surface area contributed by atoms with Crippen molar-refractivity contribution in [2.45, 2.75) is 20.0 Å². The molecule has 5 nitrogen and oxygen atoms in total. The van der Waals surface area contributed by atoms with Crippen molar-refractivity contribution in [3.8, 4) is 0 Å². The fraction of sp³-hybridized carbons (Fsp3) is 0.400. The monoisotopic (exact) mass is 242 g/mol. The average molecular weight is 242 g/mol. The van der Waals surface area contributed by atoms with Crippen LogP contribution in [0.25, 0.3) is 0 Å². The van der Waals surface area contributed by atoms with Gasteiger partial charge in [-0.2, -0.15) is 0 Å². The van der Waals surface area contributed by atoms with Crippen LogP contribution in [-0.4, -0.2) is 25.0 Å². The van der Waals surface area contributed by atoms with Crippen LogP contribution in [0.5, 0.6) is 0 Å². The average Bonchev–Trinajstić information content (AvgIpc) is 2.71. The quantitative estimate of drug-likeness (QED) is 0.772. The van der Waals surface area contributed by atoms with Gasteiger partial charge in [0.15, 0.2) is 0 Å². The van der Waals surface area contributed by atoms with Gasteiger partial charge in [-0.25, -0.2) is 0 Å². The number of thiophene rings is 1. The zero-order valence-corrected chi connectivity index (χ0v) is 10.2. The van der Waals surface area contributed by atoms with Gasteiger partial charge < -0.3 is 4.74 Å². The van der Waals surface area contributed by atoms with E-state index in [4.69, 9.17) is 4.74 Å². The molecule has 0 aliphatic carbocycles. The molecule has 0 fully saturated rings. The molecule has 0 spiro atoms. The van der Waals surface area contributed by atoms with Crippen LogP contribution in [0.3, 0.4) is 0 Å². The van der Waals surface area contributed by atoms with E-state index >= 15 is 0 Å². The summed E-state index contributed by atoms with van der Waals surface area (Å²) in [6, 6.07) is 3.56. The van der Waals surface area contributed by atoms with Crippen LogP contribution >= 0.6 is 11.3 Å². The van der Waals surface area contributed by atoms with Crippen LogP contribution in [-0.2, 0) is 9.53 Å². The Labute approximate surface area is 97.8 Å². The summed E-state index contributed by atoms with van der Waals surface area (Å²) in [5.41, 5.74) is 4.60. The number of aryl methyl sites for hydroxylation is 1. The normalized spacial score (nSPS) is 11.9. The number of amides is 2. The Morgan fingerprint density at radius 3 is 2.56 bits per heavy atom. The molecule has 16 heavy (non-hydrogen) atoms. The first-order valence-electron chi connectivity index (χ1n) is 4.74. The molecule has 0 bridgehead atoms. The standard InChI is InChI=1S/C10H14N2O3S/c1-6-4-5-8(16-6)10(14)12-11-9(13)7(2)15-3/h4-5,7H,1-3H3,(H,11,13)(H,12,14)/t7-/m1/s1. The zero-order chi connectivity index (χ0) is 12.1. The first-order valence-corrected chi connectivity index (χ1v) is 5.55. The number of rotatable bonds is 3. The van der Waals surface area contributed by atoms with Crippen LogP contribution in [0.2, 0.25) is 0 Å². The molecule has 0 saturated heterocycles. The number of methoxy groups -OCH3 is 1. The molecule has 1 heterocycles. The highest BCUT2D eigenvalue weighted by molar-refractivity contribution is 7.13. The zero-order valence-electron chi connectivity index (χ0n) is 9.37. The molecule has 1 atom stereocenters. The van der Waals surface area contributed by atoms with Crippen molar-refractivity contribution in [2.24, 2.45) is 0 Å². The molecule has 2 N–H and O–H groups in total. The minimum Gasteiger partial charge on any atom is -0.372 e. The Balaban J connectivity index is 2.44. The Hall–Kier alpha value is -1.40. The third-order valence-electron chi connectivity index (χ3n) is 1.99. The lowest BCUT2D eigenvalue weighted by atomic mass is 10.4. The Morgan fingerprint density at radius 2 is 2.06 bits per heavy atom. The number of nitrogens with one attached hydrogen (secondary N) is 2. The van der Waals surface area contributed by atoms with E-state index in [0.29, 0.717) is 4.88 Å².